The summed E-state index contributed by atoms with van der Waals surface area (Å²) in [4.78, 5) is 12.4. The fourth-order valence-electron chi connectivity index (χ4n) is 4.30. The van der Waals surface area contributed by atoms with E-state index in [0.29, 0.717) is 19.6 Å². The molecule has 226 valence electrons. The van der Waals surface area contributed by atoms with Crippen LogP contribution in [-0.4, -0.2) is 65.6 Å². The van der Waals surface area contributed by atoms with Gasteiger partial charge in [-0.05, 0) is 25.7 Å². The van der Waals surface area contributed by atoms with Crippen LogP contribution in [-0.2, 0) is 41.9 Å². The van der Waals surface area contributed by atoms with Gasteiger partial charge in [-0.2, -0.15) is 0 Å². The molecule has 0 amide bonds. The van der Waals surface area contributed by atoms with Crippen molar-refractivity contribution in [2.45, 2.75) is 128 Å². The summed E-state index contributed by atoms with van der Waals surface area (Å²) < 4.78 is 49.5. The zero-order valence-corrected chi connectivity index (χ0v) is 25.2. The van der Waals surface area contributed by atoms with E-state index < -0.39 is 13.9 Å². The van der Waals surface area contributed by atoms with Gasteiger partial charge in [-0.1, -0.05) is 84.0 Å². The van der Waals surface area contributed by atoms with Crippen LogP contribution in [0.25, 0.3) is 0 Å². The molecule has 2 atom stereocenters. The molecule has 0 bridgehead atoms. The summed E-state index contributed by atoms with van der Waals surface area (Å²) in [5.74, 6) is -0.318. The Morgan fingerprint density at radius 1 is 0.842 bits per heavy atom. The second kappa shape index (κ2) is 24.3. The molecular formula is C28H55O9P. The normalized spacial score (nSPS) is 17.0. The average molecular weight is 567 g/mol. The highest BCUT2D eigenvalue weighted by Gasteiger charge is 2.26. The van der Waals surface area contributed by atoms with Gasteiger partial charge >= 0.3 is 13.8 Å². The molecule has 0 aliphatic carbocycles. The van der Waals surface area contributed by atoms with E-state index >= 15 is 0 Å². The first-order valence-electron chi connectivity index (χ1n) is 14.9. The number of hydrogen-bond acceptors (Lipinski definition) is 9. The zero-order valence-electron chi connectivity index (χ0n) is 24.3. The minimum absolute atomic E-state index is 0.0899. The predicted molar refractivity (Wildman–Crippen MR) is 148 cm³/mol. The number of phosphoric ester groups is 1. The first kappa shape index (κ1) is 35.5. The molecule has 0 radical (unpaired) electrons. The molecule has 0 spiro atoms. The zero-order chi connectivity index (χ0) is 27.7. The van der Waals surface area contributed by atoms with Crippen LogP contribution in [0.5, 0.6) is 0 Å². The number of rotatable bonds is 26. The number of carbonyl (C=O) groups excluding carboxylic acids is 1. The van der Waals surface area contributed by atoms with E-state index in [1.807, 2.05) is 0 Å². The Labute approximate surface area is 231 Å². The van der Waals surface area contributed by atoms with Crippen molar-refractivity contribution in [3.8, 4) is 0 Å². The highest BCUT2D eigenvalue weighted by Crippen LogP contribution is 2.47. The van der Waals surface area contributed by atoms with Gasteiger partial charge in [0.1, 0.15) is 6.10 Å². The largest absolute Gasteiger partial charge is 0.474 e. The Morgan fingerprint density at radius 2 is 1.45 bits per heavy atom. The molecule has 0 saturated carbocycles. The monoisotopic (exact) mass is 566 g/mol. The maximum absolute atomic E-state index is 12.4. The van der Waals surface area contributed by atoms with Gasteiger partial charge in [0.15, 0.2) is 6.29 Å². The minimum Gasteiger partial charge on any atom is -0.457 e. The third-order valence-electron chi connectivity index (χ3n) is 6.62. The Hall–Kier alpha value is -0.540. The lowest BCUT2D eigenvalue weighted by molar-refractivity contribution is -0.172. The standard InChI is InChI=1S/C28H55O9P/c1-4-5-6-7-8-9-10-11-12-13-14-15-16-19-27(29)37-26(25-36-38(30,31-2)32-3)24-33-22-23-35-28-20-17-18-21-34-28/h26,28H,4-25H2,1-3H3/t26-,28?/m0/s1. The van der Waals surface area contributed by atoms with Crippen molar-refractivity contribution >= 4 is 13.8 Å². The summed E-state index contributed by atoms with van der Waals surface area (Å²) >= 11 is 0. The summed E-state index contributed by atoms with van der Waals surface area (Å²) in [6.07, 6.45) is 18.7. The van der Waals surface area contributed by atoms with Gasteiger partial charge in [0, 0.05) is 27.2 Å². The van der Waals surface area contributed by atoms with Gasteiger partial charge in [0.05, 0.1) is 26.4 Å². The van der Waals surface area contributed by atoms with E-state index in [4.69, 9.17) is 32.5 Å². The Kier molecular flexibility index (Phi) is 22.7. The molecule has 1 saturated heterocycles. The average Bonchev–Trinajstić information content (AvgIpc) is 2.94. The van der Waals surface area contributed by atoms with Crippen LogP contribution in [0.4, 0.5) is 0 Å². The summed E-state index contributed by atoms with van der Waals surface area (Å²) in [6, 6.07) is 0. The predicted octanol–water partition coefficient (Wildman–Crippen LogP) is 7.36. The van der Waals surface area contributed by atoms with E-state index in [1.165, 1.54) is 78.4 Å². The third kappa shape index (κ3) is 19.5. The Bertz CT molecular complexity index is 591. The Balaban J connectivity index is 2.18. The molecule has 0 aromatic heterocycles. The molecule has 1 aliphatic rings. The van der Waals surface area contributed by atoms with Gasteiger partial charge in [0.2, 0.25) is 0 Å². The van der Waals surface area contributed by atoms with Crippen molar-refractivity contribution in [2.75, 3.05) is 47.3 Å². The van der Waals surface area contributed by atoms with Crippen LogP contribution in [0.1, 0.15) is 116 Å². The number of hydrogen-bond donors (Lipinski definition) is 0. The van der Waals surface area contributed by atoms with Crippen molar-refractivity contribution < 1.29 is 41.9 Å². The number of carbonyl (C=O) groups is 1. The maximum atomic E-state index is 12.4. The molecule has 1 heterocycles. The second-order valence-corrected chi connectivity index (χ2v) is 11.8. The molecule has 0 aromatic rings. The van der Waals surface area contributed by atoms with Gasteiger partial charge in [-0.25, -0.2) is 4.57 Å². The van der Waals surface area contributed by atoms with Crippen LogP contribution in [0.15, 0.2) is 0 Å². The molecular weight excluding hydrogens is 511 g/mol. The van der Waals surface area contributed by atoms with Crippen molar-refractivity contribution in [2.24, 2.45) is 0 Å². The SMILES string of the molecule is CCCCCCCCCCCCCCCC(=O)O[C@@H](COCCOC1CCCCO1)COP(=O)(OC)OC. The topological polar surface area (TPSA) is 98.8 Å². The quantitative estimate of drug-likeness (QED) is 0.0604. The molecule has 38 heavy (non-hydrogen) atoms. The molecule has 1 rings (SSSR count). The molecule has 1 fully saturated rings. The maximum Gasteiger partial charge on any atom is 0.474 e. The summed E-state index contributed by atoms with van der Waals surface area (Å²) in [6.45, 7) is 3.60. The first-order chi connectivity index (χ1) is 18.5. The number of phosphoric acid groups is 1. The third-order valence-corrected chi connectivity index (χ3v) is 7.98. The lowest BCUT2D eigenvalue weighted by atomic mass is 10.0. The summed E-state index contributed by atoms with van der Waals surface area (Å²) in [5.41, 5.74) is 0. The van der Waals surface area contributed by atoms with Crippen LogP contribution < -0.4 is 0 Å². The highest BCUT2D eigenvalue weighted by molar-refractivity contribution is 7.48. The van der Waals surface area contributed by atoms with Crippen molar-refractivity contribution in [1.29, 1.82) is 0 Å². The van der Waals surface area contributed by atoms with Gasteiger partial charge in [-0.15, -0.1) is 0 Å². The van der Waals surface area contributed by atoms with Gasteiger partial charge in [0.25, 0.3) is 0 Å². The number of ether oxygens (including phenoxy) is 4. The van der Waals surface area contributed by atoms with Crippen molar-refractivity contribution in [3.05, 3.63) is 0 Å². The van der Waals surface area contributed by atoms with E-state index in [9.17, 15) is 9.36 Å². The van der Waals surface area contributed by atoms with Crippen LogP contribution in [0, 0.1) is 0 Å². The Morgan fingerprint density at radius 3 is 2.00 bits per heavy atom. The highest BCUT2D eigenvalue weighted by atomic mass is 31.2. The number of esters is 1. The van der Waals surface area contributed by atoms with E-state index in [0.717, 1.165) is 45.1 Å². The smallest absolute Gasteiger partial charge is 0.457 e. The fraction of sp³-hybridized carbons (Fsp3) is 0.964. The van der Waals surface area contributed by atoms with Gasteiger partial charge in [-0.3, -0.25) is 18.4 Å². The first-order valence-corrected chi connectivity index (χ1v) is 16.4. The number of unbranched alkanes of at least 4 members (excludes halogenated alkanes) is 12. The van der Waals surface area contributed by atoms with E-state index in [-0.39, 0.29) is 25.5 Å². The summed E-state index contributed by atoms with van der Waals surface area (Å²) in [5, 5.41) is 0. The fourth-order valence-corrected chi connectivity index (χ4v) is 5.01. The molecule has 1 aliphatic heterocycles. The molecule has 0 N–H and O–H groups in total. The lowest BCUT2D eigenvalue weighted by Crippen LogP contribution is -2.29. The summed E-state index contributed by atoms with van der Waals surface area (Å²) in [7, 11) is -1.21. The lowest BCUT2D eigenvalue weighted by Gasteiger charge is -2.23. The van der Waals surface area contributed by atoms with Crippen molar-refractivity contribution in [1.82, 2.24) is 0 Å². The molecule has 10 heteroatoms. The molecule has 9 nitrogen and oxygen atoms in total. The van der Waals surface area contributed by atoms with Crippen LogP contribution in [0.3, 0.4) is 0 Å². The van der Waals surface area contributed by atoms with Crippen LogP contribution in [0.2, 0.25) is 0 Å². The minimum atomic E-state index is -3.68. The van der Waals surface area contributed by atoms with E-state index in [2.05, 4.69) is 6.92 Å². The van der Waals surface area contributed by atoms with Crippen LogP contribution >= 0.6 is 7.82 Å². The van der Waals surface area contributed by atoms with Gasteiger partial charge < -0.3 is 18.9 Å². The van der Waals surface area contributed by atoms with E-state index in [1.54, 1.807) is 0 Å². The second-order valence-electron chi connectivity index (χ2n) is 9.95. The molecule has 0 aromatic carbocycles. The van der Waals surface area contributed by atoms with Crippen molar-refractivity contribution in [3.63, 3.8) is 0 Å². The molecule has 1 unspecified atom stereocenters.